The first-order chi connectivity index (χ1) is 10.0. The van der Waals surface area contributed by atoms with E-state index in [1.54, 1.807) is 10.9 Å². The van der Waals surface area contributed by atoms with Crippen LogP contribution in [0.4, 0.5) is 5.69 Å². The molecule has 2 N–H and O–H groups in total. The van der Waals surface area contributed by atoms with Crippen molar-refractivity contribution in [3.63, 3.8) is 0 Å². The number of anilines is 1. The van der Waals surface area contributed by atoms with Gasteiger partial charge < -0.3 is 10.6 Å². The number of rotatable bonds is 5. The molecule has 21 heavy (non-hydrogen) atoms. The maximum absolute atomic E-state index is 12.7. The number of nitrogens with zero attached hydrogens (tertiary/aromatic N) is 3. The van der Waals surface area contributed by atoms with Crippen molar-refractivity contribution >= 4 is 11.6 Å². The molecule has 0 saturated heterocycles. The van der Waals surface area contributed by atoms with E-state index >= 15 is 0 Å². The number of nitrogens with two attached hydrogens (primary N) is 1. The normalized spacial score (nSPS) is 10.6. The van der Waals surface area contributed by atoms with E-state index in [1.165, 1.54) is 0 Å². The molecule has 1 heterocycles. The molecule has 1 aromatic heterocycles. The molecule has 0 aliphatic rings. The second-order valence-electron chi connectivity index (χ2n) is 5.08. The highest BCUT2D eigenvalue weighted by Gasteiger charge is 2.20. The van der Waals surface area contributed by atoms with Crippen molar-refractivity contribution in [1.82, 2.24) is 14.7 Å². The topological polar surface area (TPSA) is 64.2 Å². The number of nitrogen functional groups attached to an aromatic ring is 1. The second-order valence-corrected chi connectivity index (χ2v) is 5.08. The first kappa shape index (κ1) is 15.1. The molecule has 1 aromatic carbocycles. The third-order valence-electron chi connectivity index (χ3n) is 3.46. The molecule has 0 fully saturated rings. The van der Waals surface area contributed by atoms with Crippen molar-refractivity contribution in [1.29, 1.82) is 0 Å². The Morgan fingerprint density at radius 2 is 2.14 bits per heavy atom. The van der Waals surface area contributed by atoms with Crippen LogP contribution in [0.1, 0.15) is 35.5 Å². The zero-order chi connectivity index (χ0) is 15.4. The lowest BCUT2D eigenvalue weighted by atomic mass is 10.1. The largest absolute Gasteiger partial charge is 0.399 e. The van der Waals surface area contributed by atoms with Gasteiger partial charge in [-0.3, -0.25) is 9.48 Å². The van der Waals surface area contributed by atoms with Crippen molar-refractivity contribution < 1.29 is 4.79 Å². The molecule has 1 amide bonds. The maximum Gasteiger partial charge on any atom is 0.257 e. The maximum atomic E-state index is 12.7. The van der Waals surface area contributed by atoms with Crippen LogP contribution >= 0.6 is 0 Å². The minimum Gasteiger partial charge on any atom is -0.399 e. The highest BCUT2D eigenvalue weighted by atomic mass is 16.2. The third kappa shape index (κ3) is 3.42. The van der Waals surface area contributed by atoms with E-state index in [0.29, 0.717) is 24.3 Å². The van der Waals surface area contributed by atoms with E-state index in [9.17, 15) is 4.79 Å². The van der Waals surface area contributed by atoms with Crippen molar-refractivity contribution in [2.24, 2.45) is 7.05 Å². The van der Waals surface area contributed by atoms with Gasteiger partial charge in [-0.2, -0.15) is 5.10 Å². The van der Waals surface area contributed by atoms with Gasteiger partial charge in [0.25, 0.3) is 5.91 Å². The lowest BCUT2D eigenvalue weighted by Crippen LogP contribution is -2.30. The highest BCUT2D eigenvalue weighted by Crippen LogP contribution is 2.15. The molecule has 0 unspecified atom stereocenters. The summed E-state index contributed by atoms with van der Waals surface area (Å²) >= 11 is 0. The molecule has 2 rings (SSSR count). The van der Waals surface area contributed by atoms with Crippen LogP contribution in [0.2, 0.25) is 0 Å². The number of benzene rings is 1. The Bertz CT molecular complexity index is 633. The van der Waals surface area contributed by atoms with Crippen LogP contribution in [-0.2, 0) is 20.0 Å². The molecule has 5 nitrogen and oxygen atoms in total. The monoisotopic (exact) mass is 286 g/mol. The minimum atomic E-state index is 0.0184. The van der Waals surface area contributed by atoms with Crippen LogP contribution in [0, 0.1) is 0 Å². The Balaban J connectivity index is 2.22. The summed E-state index contributed by atoms with van der Waals surface area (Å²) < 4.78 is 1.69. The van der Waals surface area contributed by atoms with E-state index < -0.39 is 0 Å². The molecule has 0 bridgehead atoms. The summed E-state index contributed by atoms with van der Waals surface area (Å²) in [6, 6.07) is 7.64. The van der Waals surface area contributed by atoms with Crippen LogP contribution in [0.15, 0.2) is 30.5 Å². The average molecular weight is 286 g/mol. The Labute approximate surface area is 125 Å². The lowest BCUT2D eigenvalue weighted by molar-refractivity contribution is 0.0751. The fourth-order valence-electron chi connectivity index (χ4n) is 2.38. The van der Waals surface area contributed by atoms with E-state index in [4.69, 9.17) is 5.73 Å². The zero-order valence-corrected chi connectivity index (χ0v) is 12.8. The molecule has 0 aliphatic carbocycles. The smallest absolute Gasteiger partial charge is 0.257 e. The van der Waals surface area contributed by atoms with Crippen LogP contribution in [0.3, 0.4) is 0 Å². The number of carbonyl (C=O) groups excluding carboxylic acids is 1. The van der Waals surface area contributed by atoms with Gasteiger partial charge in [-0.05, 0) is 31.0 Å². The molecule has 2 aromatic rings. The fraction of sp³-hybridized carbons (Fsp3) is 0.375. The molecule has 0 radical (unpaired) electrons. The summed E-state index contributed by atoms with van der Waals surface area (Å²) in [6.07, 6.45) is 2.54. The lowest BCUT2D eigenvalue weighted by Gasteiger charge is -2.21. The van der Waals surface area contributed by atoms with Gasteiger partial charge in [0.1, 0.15) is 0 Å². The summed E-state index contributed by atoms with van der Waals surface area (Å²) in [6.45, 7) is 5.18. The number of amides is 1. The van der Waals surface area contributed by atoms with Gasteiger partial charge in [0.2, 0.25) is 0 Å². The van der Waals surface area contributed by atoms with Crippen LogP contribution < -0.4 is 5.73 Å². The molecular weight excluding hydrogens is 264 g/mol. The van der Waals surface area contributed by atoms with Crippen molar-refractivity contribution in [2.45, 2.75) is 26.8 Å². The predicted octanol–water partition coefficient (Wildman–Crippen LogP) is 2.23. The standard InChI is InChI=1S/C16H22N4O/c1-4-15-14(11-19(3)18-15)16(21)20(5-2)10-12-7-6-8-13(17)9-12/h6-9,11H,4-5,10,17H2,1-3H3. The Hall–Kier alpha value is -2.30. The summed E-state index contributed by atoms with van der Waals surface area (Å²) in [7, 11) is 1.84. The molecule has 112 valence electrons. The van der Waals surface area contributed by atoms with Crippen LogP contribution in [0.5, 0.6) is 0 Å². The van der Waals surface area contributed by atoms with Gasteiger partial charge in [0, 0.05) is 32.0 Å². The third-order valence-corrected chi connectivity index (χ3v) is 3.46. The summed E-state index contributed by atoms with van der Waals surface area (Å²) in [4.78, 5) is 14.5. The highest BCUT2D eigenvalue weighted by molar-refractivity contribution is 5.95. The molecule has 5 heteroatoms. The van der Waals surface area contributed by atoms with Crippen molar-refractivity contribution in [3.05, 3.63) is 47.3 Å². The van der Waals surface area contributed by atoms with Gasteiger partial charge in [0.15, 0.2) is 0 Å². The minimum absolute atomic E-state index is 0.0184. The number of carbonyl (C=O) groups is 1. The predicted molar refractivity (Wildman–Crippen MR) is 83.9 cm³/mol. The van der Waals surface area contributed by atoms with Crippen LogP contribution in [-0.4, -0.2) is 27.1 Å². The Morgan fingerprint density at radius 1 is 1.38 bits per heavy atom. The summed E-state index contributed by atoms with van der Waals surface area (Å²) in [5, 5.41) is 4.34. The first-order valence-corrected chi connectivity index (χ1v) is 7.21. The average Bonchev–Trinajstić information content (AvgIpc) is 2.85. The SMILES string of the molecule is CCc1nn(C)cc1C(=O)N(CC)Cc1cccc(N)c1. The van der Waals surface area contributed by atoms with E-state index in [0.717, 1.165) is 17.7 Å². The van der Waals surface area contributed by atoms with E-state index in [-0.39, 0.29) is 5.91 Å². The number of aryl methyl sites for hydroxylation is 2. The first-order valence-electron chi connectivity index (χ1n) is 7.21. The number of hydrogen-bond donors (Lipinski definition) is 1. The van der Waals surface area contributed by atoms with Gasteiger partial charge in [-0.1, -0.05) is 19.1 Å². The molecule has 0 aliphatic heterocycles. The van der Waals surface area contributed by atoms with Crippen molar-refractivity contribution in [2.75, 3.05) is 12.3 Å². The van der Waals surface area contributed by atoms with E-state index in [1.807, 2.05) is 50.1 Å². The van der Waals surface area contributed by atoms with Gasteiger partial charge in [-0.15, -0.1) is 0 Å². The molecular formula is C16H22N4O. The molecule has 0 atom stereocenters. The summed E-state index contributed by atoms with van der Waals surface area (Å²) in [5.74, 6) is 0.0184. The van der Waals surface area contributed by atoms with Crippen molar-refractivity contribution in [3.8, 4) is 0 Å². The number of hydrogen-bond acceptors (Lipinski definition) is 3. The van der Waals surface area contributed by atoms with Gasteiger partial charge in [0.05, 0.1) is 11.3 Å². The fourth-order valence-corrected chi connectivity index (χ4v) is 2.38. The second kappa shape index (κ2) is 6.43. The molecule has 0 saturated carbocycles. The summed E-state index contributed by atoms with van der Waals surface area (Å²) in [5.41, 5.74) is 9.07. The van der Waals surface area contributed by atoms with Gasteiger partial charge in [-0.25, -0.2) is 0 Å². The molecule has 0 spiro atoms. The van der Waals surface area contributed by atoms with Gasteiger partial charge >= 0.3 is 0 Å². The van der Waals surface area contributed by atoms with Crippen LogP contribution in [0.25, 0.3) is 0 Å². The Kier molecular flexibility index (Phi) is 4.62. The Morgan fingerprint density at radius 3 is 2.76 bits per heavy atom. The zero-order valence-electron chi connectivity index (χ0n) is 12.8. The number of aromatic nitrogens is 2. The quantitative estimate of drug-likeness (QED) is 0.857. The van der Waals surface area contributed by atoms with E-state index in [2.05, 4.69) is 5.10 Å².